The molecule has 0 heterocycles. The van der Waals surface area contributed by atoms with Crippen molar-refractivity contribution in [3.8, 4) is 0 Å². The summed E-state index contributed by atoms with van der Waals surface area (Å²) in [4.78, 5) is 0. The molecular formula is C10H12BBr. The average molecular weight is 223 g/mol. The third-order valence-corrected chi connectivity index (χ3v) is 2.24. The lowest BCUT2D eigenvalue weighted by atomic mass is 9.83. The standard InChI is InChI=1S/C10H12BBr/c1-10(2,3)7-4-8(11)6-9(12)5-7/h4-6H,1-3H3. The van der Waals surface area contributed by atoms with Gasteiger partial charge < -0.3 is 0 Å². The fourth-order valence-corrected chi connectivity index (χ4v) is 1.56. The number of rotatable bonds is 0. The van der Waals surface area contributed by atoms with Crippen molar-refractivity contribution in [2.24, 2.45) is 0 Å². The van der Waals surface area contributed by atoms with Crippen LogP contribution in [0.2, 0.25) is 0 Å². The number of hydrogen-bond donors (Lipinski definition) is 0. The molecule has 0 aliphatic heterocycles. The fourth-order valence-electron chi connectivity index (χ4n) is 1.05. The molecule has 0 fully saturated rings. The zero-order valence-electron chi connectivity index (χ0n) is 7.69. The predicted octanol–water partition coefficient (Wildman–Crippen LogP) is 2.54. The molecule has 0 nitrogen and oxygen atoms in total. The second-order valence-corrected chi connectivity index (χ2v) is 4.94. The SMILES string of the molecule is [B]c1cc(Br)cc(C(C)(C)C)c1. The van der Waals surface area contributed by atoms with Crippen LogP contribution in [0.3, 0.4) is 0 Å². The third-order valence-electron chi connectivity index (χ3n) is 1.79. The van der Waals surface area contributed by atoms with Crippen LogP contribution in [0, 0.1) is 0 Å². The molecule has 0 N–H and O–H groups in total. The van der Waals surface area contributed by atoms with Crippen molar-refractivity contribution in [3.05, 3.63) is 28.2 Å². The molecule has 0 unspecified atom stereocenters. The van der Waals surface area contributed by atoms with Crippen molar-refractivity contribution < 1.29 is 0 Å². The molecule has 0 amide bonds. The Morgan fingerprint density at radius 1 is 1.17 bits per heavy atom. The van der Waals surface area contributed by atoms with Crippen molar-refractivity contribution in [2.45, 2.75) is 26.2 Å². The van der Waals surface area contributed by atoms with Crippen molar-refractivity contribution in [2.75, 3.05) is 0 Å². The number of benzene rings is 1. The van der Waals surface area contributed by atoms with Gasteiger partial charge in [-0.05, 0) is 17.0 Å². The molecule has 12 heavy (non-hydrogen) atoms. The molecule has 0 spiro atoms. The Balaban J connectivity index is 3.18. The van der Waals surface area contributed by atoms with E-state index < -0.39 is 0 Å². The highest BCUT2D eigenvalue weighted by atomic mass is 79.9. The molecule has 0 saturated carbocycles. The summed E-state index contributed by atoms with van der Waals surface area (Å²) in [6.07, 6.45) is 0. The Labute approximate surface area is 83.9 Å². The van der Waals surface area contributed by atoms with Crippen LogP contribution in [0.1, 0.15) is 26.3 Å². The third kappa shape index (κ3) is 2.38. The molecule has 1 aromatic carbocycles. The second kappa shape index (κ2) is 3.25. The van der Waals surface area contributed by atoms with Crippen molar-refractivity contribution in [1.29, 1.82) is 0 Å². The van der Waals surface area contributed by atoms with E-state index in [1.807, 2.05) is 12.1 Å². The Bertz CT molecular complexity index is 266. The second-order valence-electron chi connectivity index (χ2n) is 4.02. The summed E-state index contributed by atoms with van der Waals surface area (Å²) in [7, 11) is 5.73. The van der Waals surface area contributed by atoms with Gasteiger partial charge >= 0.3 is 0 Å². The first-order valence-electron chi connectivity index (χ1n) is 3.96. The Kier molecular flexibility index (Phi) is 2.67. The normalized spacial score (nSPS) is 11.7. The highest BCUT2D eigenvalue weighted by molar-refractivity contribution is 9.10. The molecular weight excluding hydrogens is 211 g/mol. The maximum absolute atomic E-state index is 5.73. The van der Waals surface area contributed by atoms with E-state index in [0.29, 0.717) is 0 Å². The highest BCUT2D eigenvalue weighted by Gasteiger charge is 2.13. The lowest BCUT2D eigenvalue weighted by Crippen LogP contribution is -2.15. The van der Waals surface area contributed by atoms with Gasteiger partial charge in [-0.3, -0.25) is 0 Å². The summed E-state index contributed by atoms with van der Waals surface area (Å²) in [6, 6.07) is 6.04. The quantitative estimate of drug-likeness (QED) is 0.592. The van der Waals surface area contributed by atoms with Crippen LogP contribution >= 0.6 is 15.9 Å². The van der Waals surface area contributed by atoms with Crippen LogP contribution in [0.5, 0.6) is 0 Å². The average Bonchev–Trinajstić information content (AvgIpc) is 1.82. The van der Waals surface area contributed by atoms with Crippen LogP contribution in [-0.4, -0.2) is 7.85 Å². The number of hydrogen-bond acceptors (Lipinski definition) is 0. The zero-order chi connectivity index (χ0) is 9.35. The van der Waals surface area contributed by atoms with Crippen LogP contribution in [0.25, 0.3) is 0 Å². The van der Waals surface area contributed by atoms with E-state index in [4.69, 9.17) is 7.85 Å². The fraction of sp³-hybridized carbons (Fsp3) is 0.400. The summed E-state index contributed by atoms with van der Waals surface area (Å²) in [5, 5.41) is 0. The maximum atomic E-state index is 5.73. The van der Waals surface area contributed by atoms with Gasteiger partial charge in [0.2, 0.25) is 0 Å². The minimum Gasteiger partial charge on any atom is -0.0953 e. The van der Waals surface area contributed by atoms with E-state index in [1.54, 1.807) is 0 Å². The van der Waals surface area contributed by atoms with Crippen molar-refractivity contribution in [1.82, 2.24) is 0 Å². The van der Waals surface area contributed by atoms with E-state index in [9.17, 15) is 0 Å². The Hall–Kier alpha value is -0.235. The van der Waals surface area contributed by atoms with Crippen LogP contribution in [-0.2, 0) is 5.41 Å². The summed E-state index contributed by atoms with van der Waals surface area (Å²) >= 11 is 3.43. The first-order valence-corrected chi connectivity index (χ1v) is 4.75. The Morgan fingerprint density at radius 2 is 1.75 bits per heavy atom. The minimum atomic E-state index is 0.165. The van der Waals surface area contributed by atoms with Crippen molar-refractivity contribution in [3.63, 3.8) is 0 Å². The van der Waals surface area contributed by atoms with Gasteiger partial charge in [-0.25, -0.2) is 0 Å². The van der Waals surface area contributed by atoms with Crippen LogP contribution in [0.4, 0.5) is 0 Å². The van der Waals surface area contributed by atoms with Gasteiger partial charge in [0.15, 0.2) is 0 Å². The molecule has 0 aliphatic carbocycles. The largest absolute Gasteiger partial charge is 0.113 e. The van der Waals surface area contributed by atoms with Gasteiger partial charge in [0, 0.05) is 4.47 Å². The van der Waals surface area contributed by atoms with Gasteiger partial charge in [0.1, 0.15) is 7.85 Å². The molecule has 0 bridgehead atoms. The molecule has 2 heteroatoms. The maximum Gasteiger partial charge on any atom is 0.113 e. The lowest BCUT2D eigenvalue weighted by Gasteiger charge is -2.19. The predicted molar refractivity (Wildman–Crippen MR) is 58.2 cm³/mol. The first kappa shape index (κ1) is 9.85. The molecule has 0 saturated heterocycles. The molecule has 0 aliphatic rings. The Morgan fingerprint density at radius 3 is 2.17 bits per heavy atom. The topological polar surface area (TPSA) is 0 Å². The minimum absolute atomic E-state index is 0.165. The van der Waals surface area contributed by atoms with Crippen LogP contribution in [0.15, 0.2) is 22.7 Å². The monoisotopic (exact) mass is 222 g/mol. The van der Waals surface area contributed by atoms with Crippen molar-refractivity contribution >= 4 is 29.2 Å². The summed E-state index contributed by atoms with van der Waals surface area (Å²) in [5.41, 5.74) is 2.24. The molecule has 0 aromatic heterocycles. The molecule has 62 valence electrons. The van der Waals surface area contributed by atoms with Gasteiger partial charge in [0.05, 0.1) is 0 Å². The van der Waals surface area contributed by atoms with Gasteiger partial charge in [-0.2, -0.15) is 0 Å². The molecule has 1 aromatic rings. The molecule has 1 rings (SSSR count). The van der Waals surface area contributed by atoms with Gasteiger partial charge in [-0.15, -0.1) is 0 Å². The molecule has 0 atom stereocenters. The summed E-state index contributed by atoms with van der Waals surface area (Å²) in [5.74, 6) is 0. The van der Waals surface area contributed by atoms with E-state index >= 15 is 0 Å². The zero-order valence-corrected chi connectivity index (χ0v) is 9.27. The lowest BCUT2D eigenvalue weighted by molar-refractivity contribution is 0.590. The van der Waals surface area contributed by atoms with Crippen LogP contribution < -0.4 is 5.46 Å². The summed E-state index contributed by atoms with van der Waals surface area (Å²) in [6.45, 7) is 6.52. The van der Waals surface area contributed by atoms with E-state index in [0.717, 1.165) is 9.94 Å². The smallest absolute Gasteiger partial charge is 0.0953 e. The highest BCUT2D eigenvalue weighted by Crippen LogP contribution is 2.23. The van der Waals surface area contributed by atoms with E-state index in [1.165, 1.54) is 5.56 Å². The van der Waals surface area contributed by atoms with Gasteiger partial charge in [0.25, 0.3) is 0 Å². The van der Waals surface area contributed by atoms with Gasteiger partial charge in [-0.1, -0.05) is 54.3 Å². The first-order chi connectivity index (χ1) is 5.39. The van der Waals surface area contributed by atoms with E-state index in [2.05, 4.69) is 42.8 Å². The number of halogens is 1. The summed E-state index contributed by atoms with van der Waals surface area (Å²) < 4.78 is 1.05. The van der Waals surface area contributed by atoms with E-state index in [-0.39, 0.29) is 5.41 Å². The molecule has 2 radical (unpaired) electrons.